The molecule has 5 aromatic rings. The van der Waals surface area contributed by atoms with E-state index in [9.17, 15) is 4.79 Å². The van der Waals surface area contributed by atoms with Gasteiger partial charge in [0.25, 0.3) is 5.56 Å². The Morgan fingerprint density at radius 3 is 2.42 bits per heavy atom. The first-order valence-electron chi connectivity index (χ1n) is 11.4. The van der Waals surface area contributed by atoms with Gasteiger partial charge in [0.05, 0.1) is 5.39 Å². The molecule has 3 aromatic heterocycles. The molecule has 1 aliphatic heterocycles. The summed E-state index contributed by atoms with van der Waals surface area (Å²) in [5, 5.41) is 9.60. The summed E-state index contributed by atoms with van der Waals surface area (Å²) in [7, 11) is 0. The number of fused-ring (bicyclic) bond motifs is 4. The van der Waals surface area contributed by atoms with Gasteiger partial charge in [-0.15, -0.1) is 16.4 Å². The lowest BCUT2D eigenvalue weighted by atomic mass is 10.0. The third-order valence-corrected chi connectivity index (χ3v) is 7.54. The zero-order chi connectivity index (χ0) is 22.5. The Balaban J connectivity index is 1.60. The minimum Gasteiger partial charge on any atom is -0.352 e. The van der Waals surface area contributed by atoms with E-state index in [0.717, 1.165) is 65.3 Å². The van der Waals surface area contributed by atoms with Crippen LogP contribution in [0.2, 0.25) is 0 Å². The highest BCUT2D eigenvalue weighted by Gasteiger charge is 2.22. The summed E-state index contributed by atoms with van der Waals surface area (Å²) in [5.74, 6) is 0.865. The molecule has 7 heteroatoms. The molecule has 0 spiro atoms. The normalized spacial score (nSPS) is 15.2. The van der Waals surface area contributed by atoms with Crippen molar-refractivity contribution >= 4 is 43.8 Å². The van der Waals surface area contributed by atoms with E-state index in [1.165, 1.54) is 21.4 Å². The van der Waals surface area contributed by atoms with Gasteiger partial charge in [0.1, 0.15) is 4.83 Å². The average Bonchev–Trinajstić information content (AvgIpc) is 3.29. The molecule has 6 rings (SSSR count). The maximum Gasteiger partial charge on any atom is 0.283 e. The van der Waals surface area contributed by atoms with E-state index in [0.29, 0.717) is 11.0 Å². The molecule has 6 nitrogen and oxygen atoms in total. The fraction of sp³-hybridized carbons (Fsp3) is 0.269. The Hall–Kier alpha value is -3.29. The summed E-state index contributed by atoms with van der Waals surface area (Å²) >= 11 is 1.52. The maximum absolute atomic E-state index is 13.8. The van der Waals surface area contributed by atoms with Crippen LogP contribution >= 0.6 is 11.3 Å². The van der Waals surface area contributed by atoms with Crippen molar-refractivity contribution in [2.45, 2.75) is 13.8 Å². The molecule has 1 saturated heterocycles. The van der Waals surface area contributed by atoms with E-state index >= 15 is 0 Å². The van der Waals surface area contributed by atoms with Crippen molar-refractivity contribution < 1.29 is 0 Å². The van der Waals surface area contributed by atoms with Crippen LogP contribution in [0.15, 0.2) is 58.7 Å². The molecular weight excluding hydrogens is 430 g/mol. The van der Waals surface area contributed by atoms with Crippen molar-refractivity contribution in [1.82, 2.24) is 19.5 Å². The van der Waals surface area contributed by atoms with Crippen molar-refractivity contribution in [3.63, 3.8) is 0 Å². The van der Waals surface area contributed by atoms with Gasteiger partial charge in [0.15, 0.2) is 11.5 Å². The van der Waals surface area contributed by atoms with Crippen LogP contribution in [0, 0.1) is 6.92 Å². The van der Waals surface area contributed by atoms with E-state index in [4.69, 9.17) is 10.1 Å². The number of benzene rings is 2. The van der Waals surface area contributed by atoms with Crippen molar-refractivity contribution in [2.24, 2.45) is 0 Å². The first kappa shape index (κ1) is 20.3. The lowest BCUT2D eigenvalue weighted by Gasteiger charge is -2.35. The molecule has 0 unspecified atom stereocenters. The van der Waals surface area contributed by atoms with Crippen LogP contribution in [0.5, 0.6) is 0 Å². The number of hydrogen-bond acceptors (Lipinski definition) is 6. The highest BCUT2D eigenvalue weighted by molar-refractivity contribution is 7.17. The Kier molecular flexibility index (Phi) is 4.89. The highest BCUT2D eigenvalue weighted by atomic mass is 32.1. The van der Waals surface area contributed by atoms with Crippen molar-refractivity contribution in [2.75, 3.05) is 37.6 Å². The molecule has 2 aromatic carbocycles. The summed E-state index contributed by atoms with van der Waals surface area (Å²) in [6.07, 6.45) is 0. The number of hydrogen-bond donors (Lipinski definition) is 0. The van der Waals surface area contributed by atoms with E-state index in [2.05, 4.69) is 54.0 Å². The second-order valence-electron chi connectivity index (χ2n) is 8.64. The van der Waals surface area contributed by atoms with Crippen molar-refractivity contribution in [3.8, 4) is 11.1 Å². The molecule has 0 aliphatic carbocycles. The van der Waals surface area contributed by atoms with Crippen LogP contribution in [0.3, 0.4) is 0 Å². The van der Waals surface area contributed by atoms with Gasteiger partial charge in [-0.05, 0) is 19.0 Å². The quantitative estimate of drug-likeness (QED) is 0.373. The lowest BCUT2D eigenvalue weighted by Crippen LogP contribution is -2.46. The Morgan fingerprint density at radius 2 is 1.70 bits per heavy atom. The average molecular weight is 456 g/mol. The van der Waals surface area contributed by atoms with Gasteiger partial charge in [0, 0.05) is 47.9 Å². The first-order chi connectivity index (χ1) is 16.1. The summed E-state index contributed by atoms with van der Waals surface area (Å²) in [6, 6.07) is 16.5. The highest BCUT2D eigenvalue weighted by Crippen LogP contribution is 2.33. The molecule has 166 valence electrons. The second kappa shape index (κ2) is 7.93. The van der Waals surface area contributed by atoms with Gasteiger partial charge in [-0.2, -0.15) is 4.52 Å². The molecule has 0 radical (unpaired) electrons. The van der Waals surface area contributed by atoms with Crippen LogP contribution in [-0.2, 0) is 0 Å². The van der Waals surface area contributed by atoms with Gasteiger partial charge in [-0.1, -0.05) is 61.0 Å². The van der Waals surface area contributed by atoms with Crippen LogP contribution in [0.4, 0.5) is 5.82 Å². The third kappa shape index (κ3) is 3.31. The van der Waals surface area contributed by atoms with Gasteiger partial charge < -0.3 is 9.80 Å². The van der Waals surface area contributed by atoms with Gasteiger partial charge in [-0.25, -0.2) is 4.98 Å². The van der Waals surface area contributed by atoms with E-state index < -0.39 is 0 Å². The number of thiophene rings is 1. The summed E-state index contributed by atoms with van der Waals surface area (Å²) < 4.78 is 1.52. The monoisotopic (exact) mass is 455 g/mol. The van der Waals surface area contributed by atoms with Crippen LogP contribution in [-0.4, -0.2) is 52.2 Å². The molecule has 0 bridgehead atoms. The largest absolute Gasteiger partial charge is 0.352 e. The molecule has 0 amide bonds. The Morgan fingerprint density at radius 1 is 0.970 bits per heavy atom. The summed E-state index contributed by atoms with van der Waals surface area (Å²) in [6.45, 7) is 9.11. The Labute approximate surface area is 195 Å². The molecular formula is C26H25N5OS. The molecule has 4 heterocycles. The van der Waals surface area contributed by atoms with Crippen molar-refractivity contribution in [1.29, 1.82) is 0 Å². The van der Waals surface area contributed by atoms with E-state index in [1.807, 2.05) is 23.6 Å². The molecule has 0 atom stereocenters. The number of aryl methyl sites for hydroxylation is 1. The summed E-state index contributed by atoms with van der Waals surface area (Å²) in [5.41, 5.74) is 3.67. The van der Waals surface area contributed by atoms with Gasteiger partial charge in [0.2, 0.25) is 0 Å². The number of aromatic nitrogens is 3. The molecule has 1 fully saturated rings. The zero-order valence-electron chi connectivity index (χ0n) is 18.8. The molecule has 33 heavy (non-hydrogen) atoms. The molecule has 1 aliphatic rings. The van der Waals surface area contributed by atoms with Crippen molar-refractivity contribution in [3.05, 3.63) is 69.8 Å². The topological polar surface area (TPSA) is 53.7 Å². The predicted octanol–water partition coefficient (Wildman–Crippen LogP) is 4.57. The number of anilines is 1. The van der Waals surface area contributed by atoms with Gasteiger partial charge >= 0.3 is 0 Å². The second-order valence-corrected chi connectivity index (χ2v) is 9.50. The van der Waals surface area contributed by atoms with Crippen LogP contribution in [0.1, 0.15) is 12.5 Å². The SMILES string of the molecule is CCN1CCN(c2nn3c(=O)c4c(-c5ccc(C)cc5)csc4nc3c3ccccc23)CC1. The third-order valence-electron chi connectivity index (χ3n) is 6.67. The molecule has 0 N–H and O–H groups in total. The first-order valence-corrected chi connectivity index (χ1v) is 12.3. The zero-order valence-corrected chi connectivity index (χ0v) is 19.6. The lowest BCUT2D eigenvalue weighted by molar-refractivity contribution is 0.270. The minimum atomic E-state index is -0.106. The summed E-state index contributed by atoms with van der Waals surface area (Å²) in [4.78, 5) is 24.3. The number of piperazine rings is 1. The maximum atomic E-state index is 13.8. The molecule has 0 saturated carbocycles. The van der Waals surface area contributed by atoms with Crippen LogP contribution < -0.4 is 10.5 Å². The fourth-order valence-electron chi connectivity index (χ4n) is 4.73. The number of nitrogens with zero attached hydrogens (tertiary/aromatic N) is 5. The Bertz CT molecular complexity index is 1550. The van der Waals surface area contributed by atoms with E-state index in [1.54, 1.807) is 0 Å². The number of rotatable bonds is 3. The number of likely N-dealkylation sites (N-methyl/N-ethyl adjacent to an activating group) is 1. The van der Waals surface area contributed by atoms with E-state index in [-0.39, 0.29) is 5.56 Å². The van der Waals surface area contributed by atoms with Crippen LogP contribution in [0.25, 0.3) is 37.8 Å². The fourth-order valence-corrected chi connectivity index (χ4v) is 5.66. The standard InChI is InChI=1S/C26H25N5OS/c1-3-29-12-14-30(15-13-29)24-20-7-5-4-6-19(20)23-27-25-22(26(32)31(23)28-24)21(16-33-25)18-10-8-17(2)9-11-18/h4-11,16H,3,12-15H2,1-2H3. The smallest absolute Gasteiger partial charge is 0.283 e. The van der Waals surface area contributed by atoms with Gasteiger partial charge in [-0.3, -0.25) is 4.79 Å². The minimum absolute atomic E-state index is 0.106. The predicted molar refractivity (Wildman–Crippen MR) is 137 cm³/mol.